The fourth-order valence-electron chi connectivity index (χ4n) is 7.23. The van der Waals surface area contributed by atoms with Crippen molar-refractivity contribution in [1.29, 1.82) is 0 Å². The zero-order valence-electron chi connectivity index (χ0n) is 31.8. The second-order valence-corrected chi connectivity index (χ2v) is 14.5. The normalized spacial score (nSPS) is 15.3. The molecule has 1 saturated heterocycles. The molecule has 1 aliphatic heterocycles. The zero-order chi connectivity index (χ0) is 38.5. The number of nitrogens with zero attached hydrogens (tertiary/aromatic N) is 1. The van der Waals surface area contributed by atoms with Crippen molar-refractivity contribution in [3.8, 4) is 28.4 Å². The van der Waals surface area contributed by atoms with Crippen molar-refractivity contribution >= 4 is 18.1 Å². The van der Waals surface area contributed by atoms with Crippen LogP contribution in [0.4, 0.5) is 9.59 Å². The van der Waals surface area contributed by atoms with Gasteiger partial charge in [-0.15, -0.1) is 0 Å². The molecule has 0 radical (unpaired) electrons. The molecule has 1 unspecified atom stereocenters. The van der Waals surface area contributed by atoms with Crippen LogP contribution in [-0.2, 0) is 14.3 Å². The van der Waals surface area contributed by atoms with Crippen LogP contribution < -0.4 is 24.8 Å². The summed E-state index contributed by atoms with van der Waals surface area (Å²) in [6.45, 7) is 8.27. The molecule has 0 saturated carbocycles. The molecule has 0 aromatic heterocycles. The van der Waals surface area contributed by atoms with Crippen LogP contribution in [0.5, 0.6) is 17.2 Å². The molecule has 11 nitrogen and oxygen atoms in total. The number of rotatable bonds is 11. The number of amides is 3. The van der Waals surface area contributed by atoms with E-state index in [0.717, 1.165) is 27.8 Å². The zero-order valence-corrected chi connectivity index (χ0v) is 31.8. The third kappa shape index (κ3) is 8.25. The average molecular weight is 736 g/mol. The minimum absolute atomic E-state index is 0.0828. The highest BCUT2D eigenvalue weighted by Crippen LogP contribution is 2.44. The maximum Gasteiger partial charge on any atom is 0.410 e. The number of ether oxygens (including phenoxy) is 5. The highest BCUT2D eigenvalue weighted by atomic mass is 16.6. The lowest BCUT2D eigenvalue weighted by Crippen LogP contribution is -2.64. The molecule has 6 rings (SSSR count). The van der Waals surface area contributed by atoms with Gasteiger partial charge in [0.2, 0.25) is 5.91 Å². The summed E-state index contributed by atoms with van der Waals surface area (Å²) < 4.78 is 28.5. The largest absolute Gasteiger partial charge is 0.497 e. The van der Waals surface area contributed by atoms with Gasteiger partial charge in [-0.1, -0.05) is 60.7 Å². The summed E-state index contributed by atoms with van der Waals surface area (Å²) in [6.07, 6.45) is -0.957. The minimum atomic E-state index is -1.43. The van der Waals surface area contributed by atoms with E-state index in [1.165, 1.54) is 0 Å². The number of fused-ring (bicyclic) bond motifs is 3. The van der Waals surface area contributed by atoms with E-state index in [-0.39, 0.29) is 38.5 Å². The number of piperidine rings is 1. The Hall–Kier alpha value is -5.71. The first-order chi connectivity index (χ1) is 25.9. The third-order valence-corrected chi connectivity index (χ3v) is 9.94. The summed E-state index contributed by atoms with van der Waals surface area (Å²) in [6, 6.07) is 28.4. The molecule has 4 aromatic rings. The Balaban J connectivity index is 1.29. The van der Waals surface area contributed by atoms with Gasteiger partial charge >= 0.3 is 12.2 Å². The number of benzene rings is 4. The molecule has 0 bridgehead atoms. The van der Waals surface area contributed by atoms with Gasteiger partial charge in [-0.3, -0.25) is 4.79 Å². The van der Waals surface area contributed by atoms with Gasteiger partial charge in [0.25, 0.3) is 0 Å². The molecule has 1 heterocycles. The van der Waals surface area contributed by atoms with Crippen LogP contribution in [0.1, 0.15) is 74.8 Å². The van der Waals surface area contributed by atoms with E-state index >= 15 is 0 Å². The van der Waals surface area contributed by atoms with Crippen LogP contribution in [0, 0.1) is 0 Å². The molecule has 4 aromatic carbocycles. The highest BCUT2D eigenvalue weighted by molar-refractivity contribution is 5.91. The molecule has 0 spiro atoms. The molecule has 11 heteroatoms. The van der Waals surface area contributed by atoms with Crippen LogP contribution in [0.25, 0.3) is 11.1 Å². The average Bonchev–Trinajstić information content (AvgIpc) is 3.49. The molecule has 2 aliphatic rings. The van der Waals surface area contributed by atoms with Crippen molar-refractivity contribution in [1.82, 2.24) is 15.5 Å². The van der Waals surface area contributed by atoms with E-state index in [1.807, 2.05) is 61.5 Å². The number of carbonyl (C=O) groups excluding carboxylic acids is 3. The fourth-order valence-corrected chi connectivity index (χ4v) is 7.23. The lowest BCUT2D eigenvalue weighted by atomic mass is 9.85. The van der Waals surface area contributed by atoms with Crippen molar-refractivity contribution in [2.24, 2.45) is 0 Å². The summed E-state index contributed by atoms with van der Waals surface area (Å²) in [4.78, 5) is 43.3. The summed E-state index contributed by atoms with van der Waals surface area (Å²) in [7, 11) is 3.13. The van der Waals surface area contributed by atoms with Gasteiger partial charge < -0.3 is 39.2 Å². The van der Waals surface area contributed by atoms with E-state index in [2.05, 4.69) is 34.9 Å². The van der Waals surface area contributed by atoms with Crippen LogP contribution in [0.3, 0.4) is 0 Å². The molecule has 54 heavy (non-hydrogen) atoms. The number of nitrogens with one attached hydrogen (secondary N) is 2. The van der Waals surface area contributed by atoms with Crippen LogP contribution >= 0.6 is 0 Å². The number of alkyl carbamates (subject to hydrolysis) is 1. The predicted molar refractivity (Wildman–Crippen MR) is 205 cm³/mol. The number of methoxy groups -OCH3 is 2. The van der Waals surface area contributed by atoms with E-state index in [9.17, 15) is 14.4 Å². The quantitative estimate of drug-likeness (QED) is 0.161. The van der Waals surface area contributed by atoms with Crippen molar-refractivity contribution < 1.29 is 38.1 Å². The summed E-state index contributed by atoms with van der Waals surface area (Å²) >= 11 is 0. The second-order valence-electron chi connectivity index (χ2n) is 14.5. The summed E-state index contributed by atoms with van der Waals surface area (Å²) in [5, 5.41) is 6.20. The van der Waals surface area contributed by atoms with Gasteiger partial charge in [0, 0.05) is 30.6 Å². The Morgan fingerprint density at radius 3 is 2.02 bits per heavy atom. The van der Waals surface area contributed by atoms with Crippen LogP contribution in [0.2, 0.25) is 0 Å². The Labute approximate surface area is 316 Å². The Bertz CT molecular complexity index is 1920. The van der Waals surface area contributed by atoms with Gasteiger partial charge in [-0.05, 0) is 92.6 Å². The summed E-state index contributed by atoms with van der Waals surface area (Å²) in [5.41, 5.74) is 3.71. The first-order valence-corrected chi connectivity index (χ1v) is 18.3. The molecule has 1 fully saturated rings. The third-order valence-electron chi connectivity index (χ3n) is 9.94. The highest BCUT2D eigenvalue weighted by Gasteiger charge is 2.46. The lowest BCUT2D eigenvalue weighted by Gasteiger charge is -2.41. The van der Waals surface area contributed by atoms with E-state index < -0.39 is 35.3 Å². The molecule has 1 aliphatic carbocycles. The molecule has 3 amide bonds. The van der Waals surface area contributed by atoms with Crippen molar-refractivity contribution in [2.75, 3.05) is 40.5 Å². The lowest BCUT2D eigenvalue weighted by molar-refractivity contribution is -0.130. The Morgan fingerprint density at radius 1 is 0.833 bits per heavy atom. The number of carbonyl (C=O) groups is 3. The monoisotopic (exact) mass is 735 g/mol. The maximum absolute atomic E-state index is 14.8. The Kier molecular flexibility index (Phi) is 11.4. The summed E-state index contributed by atoms with van der Waals surface area (Å²) in [5.74, 6) is 1.20. The number of likely N-dealkylation sites (tertiary alicyclic amines) is 1. The molecular formula is C43H49N3O8. The number of hydrogen-bond donors (Lipinski definition) is 2. The van der Waals surface area contributed by atoms with Crippen LogP contribution in [0.15, 0.2) is 91.0 Å². The van der Waals surface area contributed by atoms with E-state index in [1.54, 1.807) is 52.0 Å². The SMILES string of the molecule is CCOc1ccc(C(NC(=O)C2(NC(=O)OCC3c4ccccc4-c4ccccc43)CCN(C(=O)OC(C)(C)C)CC2)c2ccc(OC)cc2OC)cc1. The van der Waals surface area contributed by atoms with Crippen LogP contribution in [-0.4, -0.2) is 74.7 Å². The van der Waals surface area contributed by atoms with E-state index in [4.69, 9.17) is 23.7 Å². The topological polar surface area (TPSA) is 125 Å². The van der Waals surface area contributed by atoms with Gasteiger partial charge in [-0.2, -0.15) is 0 Å². The first kappa shape index (κ1) is 38.0. The van der Waals surface area contributed by atoms with Gasteiger partial charge in [0.05, 0.1) is 26.9 Å². The fraction of sp³-hybridized carbons (Fsp3) is 0.372. The molecule has 284 valence electrons. The standard InChI is InChI=1S/C43H49N3O8/c1-7-52-29-18-16-28(17-19-29)38(35-21-20-30(50-5)26-37(35)51-6)44-39(47)43(22-24-46(25-23-43)41(49)54-42(2,3)4)45-40(48)53-27-36-33-14-10-8-12-31(33)32-13-9-11-15-34(32)36/h8-21,26,36,38H,7,22-25,27H2,1-6H3,(H,44,47)(H,45,48). The van der Waals surface area contributed by atoms with E-state index in [0.29, 0.717) is 29.4 Å². The smallest absolute Gasteiger partial charge is 0.410 e. The minimum Gasteiger partial charge on any atom is -0.497 e. The first-order valence-electron chi connectivity index (χ1n) is 18.3. The predicted octanol–water partition coefficient (Wildman–Crippen LogP) is 7.62. The van der Waals surface area contributed by atoms with Gasteiger partial charge in [0.15, 0.2) is 0 Å². The maximum atomic E-state index is 14.8. The van der Waals surface area contributed by atoms with Gasteiger partial charge in [0.1, 0.15) is 35.0 Å². The molecule has 2 N–H and O–H groups in total. The van der Waals surface area contributed by atoms with Crippen molar-refractivity contribution in [3.63, 3.8) is 0 Å². The Morgan fingerprint density at radius 2 is 1.44 bits per heavy atom. The van der Waals surface area contributed by atoms with Crippen molar-refractivity contribution in [2.45, 2.75) is 63.6 Å². The van der Waals surface area contributed by atoms with Crippen molar-refractivity contribution in [3.05, 3.63) is 113 Å². The second kappa shape index (κ2) is 16.1. The van der Waals surface area contributed by atoms with Gasteiger partial charge in [-0.25, -0.2) is 9.59 Å². The molecule has 1 atom stereocenters. The molecular weight excluding hydrogens is 686 g/mol. The number of hydrogen-bond acceptors (Lipinski definition) is 8.